The van der Waals surface area contributed by atoms with Crippen molar-refractivity contribution in [2.24, 2.45) is 0 Å². The van der Waals surface area contributed by atoms with E-state index >= 15 is 0 Å². The maximum absolute atomic E-state index is 9.59. The smallest absolute Gasteiger partial charge is 0.236 e. The van der Waals surface area contributed by atoms with Crippen LogP contribution in [-0.2, 0) is 6.42 Å². The molecule has 18 heavy (non-hydrogen) atoms. The summed E-state index contributed by atoms with van der Waals surface area (Å²) < 4.78 is 10.4. The van der Waals surface area contributed by atoms with Gasteiger partial charge in [0.25, 0.3) is 0 Å². The highest BCUT2D eigenvalue weighted by molar-refractivity contribution is 5.31. The standard InChI is InChI=1S/C13H20N2O3/c1-6-9(16)7-10-12(17-4)15-11(8(2)3)13(14-10)18-5/h6,8-9,16H,1,7H2,2-5H3. The number of rotatable bonds is 6. The summed E-state index contributed by atoms with van der Waals surface area (Å²) in [6.45, 7) is 7.54. The van der Waals surface area contributed by atoms with Gasteiger partial charge in [-0.2, -0.15) is 0 Å². The van der Waals surface area contributed by atoms with E-state index in [2.05, 4.69) is 16.5 Å². The topological polar surface area (TPSA) is 64.5 Å². The zero-order valence-corrected chi connectivity index (χ0v) is 11.3. The minimum Gasteiger partial charge on any atom is -0.480 e. The van der Waals surface area contributed by atoms with E-state index in [0.717, 1.165) is 5.69 Å². The lowest BCUT2D eigenvalue weighted by molar-refractivity contribution is 0.220. The number of hydrogen-bond acceptors (Lipinski definition) is 5. The van der Waals surface area contributed by atoms with Crippen molar-refractivity contribution >= 4 is 0 Å². The molecule has 0 amide bonds. The second kappa shape index (κ2) is 6.35. The van der Waals surface area contributed by atoms with Gasteiger partial charge < -0.3 is 14.6 Å². The second-order valence-corrected chi connectivity index (χ2v) is 4.24. The van der Waals surface area contributed by atoms with Crippen LogP contribution in [0.4, 0.5) is 0 Å². The molecular weight excluding hydrogens is 232 g/mol. The normalized spacial score (nSPS) is 12.3. The third-order valence-electron chi connectivity index (χ3n) is 2.53. The molecule has 0 bridgehead atoms. The number of aliphatic hydroxyl groups excluding tert-OH is 1. The molecule has 1 N–H and O–H groups in total. The van der Waals surface area contributed by atoms with Crippen LogP contribution >= 0.6 is 0 Å². The first-order chi connectivity index (χ1) is 8.53. The summed E-state index contributed by atoms with van der Waals surface area (Å²) in [4.78, 5) is 8.75. The molecule has 0 fully saturated rings. The van der Waals surface area contributed by atoms with Crippen molar-refractivity contribution in [3.8, 4) is 11.8 Å². The van der Waals surface area contributed by atoms with Crippen molar-refractivity contribution in [3.63, 3.8) is 0 Å². The van der Waals surface area contributed by atoms with E-state index in [-0.39, 0.29) is 5.92 Å². The van der Waals surface area contributed by atoms with Crippen LogP contribution < -0.4 is 9.47 Å². The highest BCUT2D eigenvalue weighted by atomic mass is 16.5. The molecule has 0 radical (unpaired) electrons. The maximum Gasteiger partial charge on any atom is 0.236 e. The van der Waals surface area contributed by atoms with Crippen LogP contribution in [0.3, 0.4) is 0 Å². The molecule has 100 valence electrons. The van der Waals surface area contributed by atoms with Crippen LogP contribution in [0.1, 0.15) is 31.2 Å². The van der Waals surface area contributed by atoms with Gasteiger partial charge in [0, 0.05) is 12.3 Å². The molecule has 5 nitrogen and oxygen atoms in total. The first kappa shape index (κ1) is 14.4. The molecule has 0 saturated carbocycles. The number of ether oxygens (including phenoxy) is 2. The lowest BCUT2D eigenvalue weighted by Crippen LogP contribution is -2.12. The van der Waals surface area contributed by atoms with Crippen LogP contribution in [0.5, 0.6) is 11.8 Å². The molecule has 5 heteroatoms. The van der Waals surface area contributed by atoms with Crippen molar-refractivity contribution in [2.45, 2.75) is 32.3 Å². The van der Waals surface area contributed by atoms with E-state index in [0.29, 0.717) is 23.9 Å². The highest BCUT2D eigenvalue weighted by Crippen LogP contribution is 2.27. The maximum atomic E-state index is 9.59. The lowest BCUT2D eigenvalue weighted by Gasteiger charge is -2.15. The fourth-order valence-corrected chi connectivity index (χ4v) is 1.55. The Balaban J connectivity index is 3.21. The summed E-state index contributed by atoms with van der Waals surface area (Å²) in [5.41, 5.74) is 1.30. The van der Waals surface area contributed by atoms with E-state index in [1.165, 1.54) is 13.2 Å². The van der Waals surface area contributed by atoms with E-state index in [9.17, 15) is 5.11 Å². The number of aliphatic hydroxyl groups is 1. The number of aromatic nitrogens is 2. The van der Waals surface area contributed by atoms with E-state index in [4.69, 9.17) is 9.47 Å². The Hall–Kier alpha value is -1.62. The molecule has 0 saturated heterocycles. The van der Waals surface area contributed by atoms with Gasteiger partial charge in [0.15, 0.2) is 0 Å². The molecule has 1 aromatic heterocycles. The molecule has 0 aromatic carbocycles. The second-order valence-electron chi connectivity index (χ2n) is 4.24. The van der Waals surface area contributed by atoms with Gasteiger partial charge in [-0.1, -0.05) is 19.9 Å². The average molecular weight is 252 g/mol. The van der Waals surface area contributed by atoms with Crippen molar-refractivity contribution in [1.82, 2.24) is 9.97 Å². The molecule has 1 rings (SSSR count). The first-order valence-electron chi connectivity index (χ1n) is 5.82. The first-order valence-corrected chi connectivity index (χ1v) is 5.82. The molecule has 0 aliphatic heterocycles. The van der Waals surface area contributed by atoms with Gasteiger partial charge >= 0.3 is 0 Å². The Morgan fingerprint density at radius 2 is 1.83 bits per heavy atom. The summed E-state index contributed by atoms with van der Waals surface area (Å²) in [5, 5.41) is 9.59. The third kappa shape index (κ3) is 3.20. The zero-order chi connectivity index (χ0) is 13.7. The minimum atomic E-state index is -0.678. The number of methoxy groups -OCH3 is 2. The van der Waals surface area contributed by atoms with Crippen molar-refractivity contribution < 1.29 is 14.6 Å². The third-order valence-corrected chi connectivity index (χ3v) is 2.53. The van der Waals surface area contributed by atoms with Crippen molar-refractivity contribution in [1.29, 1.82) is 0 Å². The molecular formula is C13H20N2O3. The molecule has 0 aliphatic rings. The van der Waals surface area contributed by atoms with Crippen LogP contribution in [-0.4, -0.2) is 35.4 Å². The van der Waals surface area contributed by atoms with Crippen LogP contribution in [0, 0.1) is 0 Å². The van der Waals surface area contributed by atoms with Gasteiger partial charge in [0.2, 0.25) is 11.8 Å². The molecule has 1 atom stereocenters. The van der Waals surface area contributed by atoms with Gasteiger partial charge in [0.1, 0.15) is 11.4 Å². The molecule has 1 heterocycles. The monoisotopic (exact) mass is 252 g/mol. The van der Waals surface area contributed by atoms with E-state index in [1.54, 1.807) is 7.11 Å². The van der Waals surface area contributed by atoms with Gasteiger partial charge in [-0.3, -0.25) is 0 Å². The van der Waals surface area contributed by atoms with E-state index < -0.39 is 6.10 Å². The minimum absolute atomic E-state index is 0.180. The fraction of sp³-hybridized carbons (Fsp3) is 0.538. The van der Waals surface area contributed by atoms with Gasteiger partial charge in [-0.15, -0.1) is 6.58 Å². The molecule has 0 spiro atoms. The Kier molecular flexibility index (Phi) is 5.09. The number of nitrogens with zero attached hydrogens (tertiary/aromatic N) is 2. The largest absolute Gasteiger partial charge is 0.480 e. The Morgan fingerprint density at radius 3 is 2.28 bits per heavy atom. The lowest BCUT2D eigenvalue weighted by atomic mass is 10.1. The number of hydrogen-bond donors (Lipinski definition) is 1. The summed E-state index contributed by atoms with van der Waals surface area (Å²) in [6.07, 6.45) is 1.07. The summed E-state index contributed by atoms with van der Waals surface area (Å²) >= 11 is 0. The van der Waals surface area contributed by atoms with Gasteiger partial charge in [-0.25, -0.2) is 9.97 Å². The quantitative estimate of drug-likeness (QED) is 0.781. The van der Waals surface area contributed by atoms with Crippen LogP contribution in [0.25, 0.3) is 0 Å². The van der Waals surface area contributed by atoms with Crippen molar-refractivity contribution in [2.75, 3.05) is 14.2 Å². The van der Waals surface area contributed by atoms with Crippen LogP contribution in [0.2, 0.25) is 0 Å². The molecule has 1 unspecified atom stereocenters. The predicted molar refractivity (Wildman–Crippen MR) is 69.1 cm³/mol. The SMILES string of the molecule is C=CC(O)Cc1nc(OC)c(C(C)C)nc1OC. The van der Waals surface area contributed by atoms with Gasteiger partial charge in [0.05, 0.1) is 20.3 Å². The summed E-state index contributed by atoms with van der Waals surface area (Å²) in [7, 11) is 3.08. The Bertz CT molecular complexity index is 419. The summed E-state index contributed by atoms with van der Waals surface area (Å²) in [5.74, 6) is 1.07. The zero-order valence-electron chi connectivity index (χ0n) is 11.3. The molecule has 0 aliphatic carbocycles. The van der Waals surface area contributed by atoms with E-state index in [1.807, 2.05) is 13.8 Å². The van der Waals surface area contributed by atoms with Gasteiger partial charge in [-0.05, 0) is 0 Å². The summed E-state index contributed by atoms with van der Waals surface area (Å²) in [6, 6.07) is 0. The highest BCUT2D eigenvalue weighted by Gasteiger charge is 2.18. The predicted octanol–water partition coefficient (Wildman–Crippen LogP) is 1.71. The van der Waals surface area contributed by atoms with Crippen LogP contribution in [0.15, 0.2) is 12.7 Å². The molecule has 1 aromatic rings. The fourth-order valence-electron chi connectivity index (χ4n) is 1.55. The Morgan fingerprint density at radius 1 is 1.22 bits per heavy atom. The Labute approximate surface area is 107 Å². The van der Waals surface area contributed by atoms with Crippen molar-refractivity contribution in [3.05, 3.63) is 24.0 Å². The average Bonchev–Trinajstić information content (AvgIpc) is 2.37.